The number of aryl methyl sites for hydroxylation is 1. The first kappa shape index (κ1) is 16.9. The monoisotopic (exact) mass is 296 g/mol. The molecule has 116 valence electrons. The second-order valence-electron chi connectivity index (χ2n) is 4.95. The molecule has 0 aliphatic carbocycles. The summed E-state index contributed by atoms with van der Waals surface area (Å²) in [6, 6.07) is 4.68. The van der Waals surface area contributed by atoms with Crippen molar-refractivity contribution in [2.45, 2.75) is 38.6 Å². The number of nitro groups is 1. The molecule has 0 fully saturated rings. The minimum atomic E-state index is -1.28. The van der Waals surface area contributed by atoms with E-state index in [1.165, 1.54) is 6.07 Å². The molecule has 0 aliphatic heterocycles. The quantitative estimate of drug-likeness (QED) is 0.432. The van der Waals surface area contributed by atoms with Crippen LogP contribution in [-0.2, 0) is 4.79 Å². The van der Waals surface area contributed by atoms with E-state index in [4.69, 9.17) is 15.6 Å². The van der Waals surface area contributed by atoms with Crippen LogP contribution in [0, 0.1) is 17.0 Å². The zero-order chi connectivity index (χ0) is 16.0. The van der Waals surface area contributed by atoms with Crippen LogP contribution in [0.5, 0.6) is 5.75 Å². The van der Waals surface area contributed by atoms with Gasteiger partial charge in [0.05, 0.1) is 11.5 Å². The normalized spacial score (nSPS) is 13.5. The van der Waals surface area contributed by atoms with Crippen molar-refractivity contribution in [3.63, 3.8) is 0 Å². The fourth-order valence-corrected chi connectivity index (χ4v) is 1.97. The molecule has 0 saturated heterocycles. The first-order valence-corrected chi connectivity index (χ1v) is 6.71. The Morgan fingerprint density at radius 1 is 1.52 bits per heavy atom. The average Bonchev–Trinajstić information content (AvgIpc) is 2.43. The molecule has 0 bridgehead atoms. The zero-order valence-corrected chi connectivity index (χ0v) is 12.2. The summed E-state index contributed by atoms with van der Waals surface area (Å²) in [6.07, 6.45) is 0.966. The van der Waals surface area contributed by atoms with Gasteiger partial charge in [0, 0.05) is 6.07 Å². The van der Waals surface area contributed by atoms with Gasteiger partial charge in [-0.3, -0.25) is 14.9 Å². The van der Waals surface area contributed by atoms with Crippen molar-refractivity contribution in [2.24, 2.45) is 5.73 Å². The van der Waals surface area contributed by atoms with Gasteiger partial charge in [-0.25, -0.2) is 0 Å². The van der Waals surface area contributed by atoms with Gasteiger partial charge >= 0.3 is 11.7 Å². The Morgan fingerprint density at radius 3 is 2.71 bits per heavy atom. The van der Waals surface area contributed by atoms with Gasteiger partial charge in [0.1, 0.15) is 5.54 Å². The smallest absolute Gasteiger partial charge is 0.323 e. The van der Waals surface area contributed by atoms with E-state index in [0.29, 0.717) is 18.4 Å². The molecular formula is C14H20N2O5. The number of carboxylic acid groups (broad SMARTS) is 1. The van der Waals surface area contributed by atoms with Crippen LogP contribution in [0.25, 0.3) is 0 Å². The molecule has 21 heavy (non-hydrogen) atoms. The number of nitro benzene ring substituents is 1. The topological polar surface area (TPSA) is 116 Å². The molecule has 3 N–H and O–H groups in total. The lowest BCUT2D eigenvalue weighted by atomic mass is 9.92. The van der Waals surface area contributed by atoms with E-state index in [0.717, 1.165) is 0 Å². The highest BCUT2D eigenvalue weighted by Gasteiger charge is 2.31. The minimum absolute atomic E-state index is 0.0947. The number of aliphatic carboxylic acids is 1. The number of nitrogens with two attached hydrogens (primary N) is 1. The standard InChI is InChI=1S/C14H20N2O5/c1-3-14(15,13(17)18)8-5-9-21-12-10(2)6-4-7-11(12)16(19)20/h4,6-7H,3,5,8-9,15H2,1-2H3,(H,17,18). The Hall–Kier alpha value is -2.15. The fourth-order valence-electron chi connectivity index (χ4n) is 1.97. The minimum Gasteiger partial charge on any atom is -0.487 e. The van der Waals surface area contributed by atoms with Crippen LogP contribution in [0.15, 0.2) is 18.2 Å². The predicted octanol–water partition coefficient (Wildman–Crippen LogP) is 2.25. The number of benzene rings is 1. The van der Waals surface area contributed by atoms with E-state index in [9.17, 15) is 14.9 Å². The predicted molar refractivity (Wildman–Crippen MR) is 77.4 cm³/mol. The number of ether oxygens (including phenoxy) is 1. The van der Waals surface area contributed by atoms with E-state index in [1.807, 2.05) is 0 Å². The summed E-state index contributed by atoms with van der Waals surface area (Å²) in [6.45, 7) is 3.61. The molecule has 0 amide bonds. The number of hydrogen-bond acceptors (Lipinski definition) is 5. The number of carbonyl (C=O) groups is 1. The van der Waals surface area contributed by atoms with E-state index >= 15 is 0 Å². The van der Waals surface area contributed by atoms with Gasteiger partial charge in [-0.1, -0.05) is 19.1 Å². The van der Waals surface area contributed by atoms with Crippen LogP contribution in [-0.4, -0.2) is 28.1 Å². The van der Waals surface area contributed by atoms with Gasteiger partial charge in [0.2, 0.25) is 0 Å². The van der Waals surface area contributed by atoms with Gasteiger partial charge in [-0.15, -0.1) is 0 Å². The van der Waals surface area contributed by atoms with Gasteiger partial charge < -0.3 is 15.6 Å². The molecular weight excluding hydrogens is 276 g/mol. The van der Waals surface area contributed by atoms with Gasteiger partial charge in [-0.2, -0.15) is 0 Å². The van der Waals surface area contributed by atoms with E-state index in [1.54, 1.807) is 26.0 Å². The SMILES string of the molecule is CCC(N)(CCCOc1c(C)cccc1[N+](=O)[O-])C(=O)O. The van der Waals surface area contributed by atoms with Gasteiger partial charge in [0.15, 0.2) is 5.75 Å². The van der Waals surface area contributed by atoms with E-state index in [-0.39, 0.29) is 24.5 Å². The Morgan fingerprint density at radius 2 is 2.19 bits per heavy atom. The third kappa shape index (κ3) is 4.16. The molecule has 0 aliphatic rings. The molecule has 0 saturated carbocycles. The van der Waals surface area contributed by atoms with Gasteiger partial charge in [-0.05, 0) is 31.7 Å². The molecule has 1 atom stereocenters. The highest BCUT2D eigenvalue weighted by atomic mass is 16.6. The number of para-hydroxylation sites is 1. The van der Waals surface area contributed by atoms with Gasteiger partial charge in [0.25, 0.3) is 0 Å². The van der Waals surface area contributed by atoms with Crippen LogP contribution in [0.1, 0.15) is 31.7 Å². The summed E-state index contributed by atoms with van der Waals surface area (Å²) in [4.78, 5) is 21.5. The average molecular weight is 296 g/mol. The lowest BCUT2D eigenvalue weighted by Crippen LogP contribution is -2.47. The van der Waals surface area contributed by atoms with E-state index < -0.39 is 16.4 Å². The van der Waals surface area contributed by atoms with Crippen molar-refractivity contribution in [2.75, 3.05) is 6.61 Å². The number of carboxylic acids is 1. The molecule has 7 heteroatoms. The third-order valence-corrected chi connectivity index (χ3v) is 3.46. The van der Waals surface area contributed by atoms with Crippen LogP contribution < -0.4 is 10.5 Å². The Kier molecular flexibility index (Phi) is 5.66. The molecule has 1 aromatic rings. The summed E-state index contributed by atoms with van der Waals surface area (Å²) in [5.41, 5.74) is 5.06. The molecule has 1 rings (SSSR count). The summed E-state index contributed by atoms with van der Waals surface area (Å²) >= 11 is 0. The maximum absolute atomic E-state index is 11.1. The van der Waals surface area contributed by atoms with Crippen molar-refractivity contribution in [1.82, 2.24) is 0 Å². The lowest BCUT2D eigenvalue weighted by Gasteiger charge is -2.22. The molecule has 0 spiro atoms. The summed E-state index contributed by atoms with van der Waals surface area (Å²) in [7, 11) is 0. The first-order chi connectivity index (χ1) is 9.81. The highest BCUT2D eigenvalue weighted by molar-refractivity contribution is 5.78. The number of hydrogen-bond donors (Lipinski definition) is 2. The summed E-state index contributed by atoms with van der Waals surface area (Å²) in [5, 5.41) is 20.0. The molecule has 0 radical (unpaired) electrons. The lowest BCUT2D eigenvalue weighted by molar-refractivity contribution is -0.385. The maximum atomic E-state index is 11.1. The largest absolute Gasteiger partial charge is 0.487 e. The first-order valence-electron chi connectivity index (χ1n) is 6.71. The molecule has 1 aromatic carbocycles. The number of nitrogens with zero attached hydrogens (tertiary/aromatic N) is 1. The second-order valence-corrected chi connectivity index (χ2v) is 4.95. The van der Waals surface area contributed by atoms with E-state index in [2.05, 4.69) is 0 Å². The Balaban J connectivity index is 2.65. The van der Waals surface area contributed by atoms with Crippen molar-refractivity contribution in [3.8, 4) is 5.75 Å². The van der Waals surface area contributed by atoms with Crippen molar-refractivity contribution in [1.29, 1.82) is 0 Å². The van der Waals surface area contributed by atoms with Crippen LogP contribution in [0.2, 0.25) is 0 Å². The zero-order valence-electron chi connectivity index (χ0n) is 12.2. The Labute approximate surface area is 122 Å². The van der Waals surface area contributed by atoms with Crippen LogP contribution in [0.3, 0.4) is 0 Å². The Bertz CT molecular complexity index is 532. The maximum Gasteiger partial charge on any atom is 0.323 e. The highest BCUT2D eigenvalue weighted by Crippen LogP contribution is 2.30. The summed E-state index contributed by atoms with van der Waals surface area (Å²) in [5.74, 6) is -0.830. The van der Waals surface area contributed by atoms with Crippen molar-refractivity contribution in [3.05, 3.63) is 33.9 Å². The molecule has 1 unspecified atom stereocenters. The van der Waals surface area contributed by atoms with Crippen LogP contribution >= 0.6 is 0 Å². The van der Waals surface area contributed by atoms with Crippen molar-refractivity contribution < 1.29 is 19.6 Å². The second kappa shape index (κ2) is 7.03. The molecule has 0 heterocycles. The fraction of sp³-hybridized carbons (Fsp3) is 0.500. The molecule has 0 aromatic heterocycles. The van der Waals surface area contributed by atoms with Crippen LogP contribution in [0.4, 0.5) is 5.69 Å². The summed E-state index contributed by atoms with van der Waals surface area (Å²) < 4.78 is 5.46. The molecule has 7 nitrogen and oxygen atoms in total. The number of rotatable bonds is 8. The third-order valence-electron chi connectivity index (χ3n) is 3.46. The van der Waals surface area contributed by atoms with Crippen molar-refractivity contribution >= 4 is 11.7 Å².